The Bertz CT molecular complexity index is 892. The number of aliphatic hydroxyl groups excluding tert-OH is 1. The van der Waals surface area contributed by atoms with Crippen LogP contribution in [0.3, 0.4) is 0 Å². The van der Waals surface area contributed by atoms with Crippen LogP contribution < -0.4 is 0 Å². The molecule has 1 aliphatic rings. The van der Waals surface area contributed by atoms with Crippen molar-refractivity contribution in [3.63, 3.8) is 0 Å². The van der Waals surface area contributed by atoms with Crippen molar-refractivity contribution in [3.8, 4) is 0 Å². The first-order chi connectivity index (χ1) is 14.9. The molecule has 0 unspecified atom stereocenters. The van der Waals surface area contributed by atoms with Gasteiger partial charge in [0.25, 0.3) is 0 Å². The molecule has 1 amide bonds. The van der Waals surface area contributed by atoms with Crippen LogP contribution in [-0.4, -0.2) is 45.7 Å². The fourth-order valence-electron chi connectivity index (χ4n) is 3.94. The van der Waals surface area contributed by atoms with E-state index in [-0.39, 0.29) is 17.9 Å². The van der Waals surface area contributed by atoms with Gasteiger partial charge in [0.15, 0.2) is 0 Å². The summed E-state index contributed by atoms with van der Waals surface area (Å²) >= 11 is 1.30. The van der Waals surface area contributed by atoms with E-state index < -0.39 is 12.1 Å². The van der Waals surface area contributed by atoms with Crippen LogP contribution >= 0.6 is 11.3 Å². The van der Waals surface area contributed by atoms with Gasteiger partial charge in [0, 0.05) is 17.8 Å². The van der Waals surface area contributed by atoms with Crippen molar-refractivity contribution in [1.29, 1.82) is 0 Å². The third-order valence-corrected chi connectivity index (χ3v) is 7.05. The van der Waals surface area contributed by atoms with Gasteiger partial charge in [-0.2, -0.15) is 0 Å². The number of carbonyl (C=O) groups is 2. The zero-order chi connectivity index (χ0) is 22.2. The van der Waals surface area contributed by atoms with Gasteiger partial charge in [0.1, 0.15) is 4.88 Å². The van der Waals surface area contributed by atoms with Gasteiger partial charge in [0.05, 0.1) is 12.1 Å². The highest BCUT2D eigenvalue weighted by Crippen LogP contribution is 2.23. The van der Waals surface area contributed by atoms with Crippen LogP contribution in [0.25, 0.3) is 0 Å². The molecular formula is C25H31NO4S. The Labute approximate surface area is 188 Å². The normalized spacial score (nSPS) is 18.6. The second-order valence-corrected chi connectivity index (χ2v) is 9.41. The number of carboxylic acid groups (broad SMARTS) is 1. The maximum absolute atomic E-state index is 12.3. The number of benzene rings is 1. The molecule has 3 atom stereocenters. The quantitative estimate of drug-likeness (QED) is 0.501. The summed E-state index contributed by atoms with van der Waals surface area (Å²) in [6.45, 7) is 2.70. The number of amides is 1. The number of aliphatic hydroxyl groups is 1. The molecule has 2 N–H and O–H groups in total. The van der Waals surface area contributed by atoms with E-state index in [1.54, 1.807) is 6.07 Å². The van der Waals surface area contributed by atoms with E-state index >= 15 is 0 Å². The SMILES string of the molecule is C[C@@H](CCc1ccccc1)[C@H](O)C=C[C@H]1CCC(=O)N1CCCc1ccc(C(=O)O)s1. The summed E-state index contributed by atoms with van der Waals surface area (Å²) in [5, 5.41) is 19.6. The maximum atomic E-state index is 12.3. The summed E-state index contributed by atoms with van der Waals surface area (Å²) in [7, 11) is 0. The van der Waals surface area contributed by atoms with Crippen LogP contribution in [0, 0.1) is 5.92 Å². The highest BCUT2D eigenvalue weighted by molar-refractivity contribution is 7.13. The maximum Gasteiger partial charge on any atom is 0.345 e. The summed E-state index contributed by atoms with van der Waals surface area (Å²) in [5.74, 6) is -0.601. The van der Waals surface area contributed by atoms with Gasteiger partial charge in [-0.1, -0.05) is 49.4 Å². The Balaban J connectivity index is 1.46. The Morgan fingerprint density at radius 2 is 2.00 bits per heavy atom. The summed E-state index contributed by atoms with van der Waals surface area (Å²) in [5.41, 5.74) is 1.28. The lowest BCUT2D eigenvalue weighted by molar-refractivity contribution is -0.128. The average Bonchev–Trinajstić information content (AvgIpc) is 3.38. The molecule has 0 aliphatic carbocycles. The second-order valence-electron chi connectivity index (χ2n) is 8.24. The van der Waals surface area contributed by atoms with Crippen LogP contribution in [0.5, 0.6) is 0 Å². The topological polar surface area (TPSA) is 77.8 Å². The Hall–Kier alpha value is -2.44. The zero-order valence-electron chi connectivity index (χ0n) is 17.9. The minimum atomic E-state index is -0.896. The van der Waals surface area contributed by atoms with E-state index in [4.69, 9.17) is 5.11 Å². The predicted molar refractivity (Wildman–Crippen MR) is 123 cm³/mol. The number of thiophene rings is 1. The van der Waals surface area contributed by atoms with E-state index in [2.05, 4.69) is 19.1 Å². The lowest BCUT2D eigenvalue weighted by Gasteiger charge is -2.23. The number of rotatable bonds is 11. The van der Waals surface area contributed by atoms with Gasteiger partial charge in [-0.05, 0) is 55.7 Å². The molecule has 0 saturated carbocycles. The molecule has 1 saturated heterocycles. The predicted octanol–water partition coefficient (Wildman–Crippen LogP) is 4.56. The third-order valence-electron chi connectivity index (χ3n) is 5.91. The van der Waals surface area contributed by atoms with Crippen LogP contribution in [0.2, 0.25) is 0 Å². The Morgan fingerprint density at radius 3 is 2.71 bits per heavy atom. The Kier molecular flexibility index (Phi) is 8.43. The smallest absolute Gasteiger partial charge is 0.345 e. The molecule has 1 aromatic carbocycles. The number of nitrogens with zero attached hydrogens (tertiary/aromatic N) is 1. The largest absolute Gasteiger partial charge is 0.477 e. The van der Waals surface area contributed by atoms with E-state index in [0.29, 0.717) is 17.8 Å². The molecular weight excluding hydrogens is 410 g/mol. The van der Waals surface area contributed by atoms with Gasteiger partial charge in [-0.15, -0.1) is 11.3 Å². The Morgan fingerprint density at radius 1 is 1.23 bits per heavy atom. The molecule has 0 spiro atoms. The van der Waals surface area contributed by atoms with Crippen molar-refractivity contribution in [1.82, 2.24) is 4.90 Å². The molecule has 1 fully saturated rings. The van der Waals surface area contributed by atoms with Gasteiger partial charge in [-0.25, -0.2) is 4.79 Å². The highest BCUT2D eigenvalue weighted by atomic mass is 32.1. The standard InChI is InChI=1S/C25H31NO4S/c1-18(9-10-19-6-3-2-4-7-19)22(27)14-11-20-12-16-24(28)26(20)17-5-8-21-13-15-23(31-21)25(29)30/h2-4,6-7,11,13-15,18,20,22,27H,5,8-10,12,16-17H2,1H3,(H,29,30)/t18-,20-,22+/m0/s1. The molecule has 0 radical (unpaired) electrons. The molecule has 1 aliphatic heterocycles. The van der Waals surface area contributed by atoms with E-state index in [1.165, 1.54) is 16.9 Å². The van der Waals surface area contributed by atoms with Crippen molar-refractivity contribution in [2.75, 3.05) is 6.54 Å². The minimum absolute atomic E-state index is 0.0291. The van der Waals surface area contributed by atoms with Crippen LogP contribution in [0.1, 0.15) is 52.7 Å². The van der Waals surface area contributed by atoms with Crippen molar-refractivity contribution >= 4 is 23.2 Å². The van der Waals surface area contributed by atoms with E-state index in [0.717, 1.165) is 37.0 Å². The highest BCUT2D eigenvalue weighted by Gasteiger charge is 2.28. The fourth-order valence-corrected chi connectivity index (χ4v) is 4.83. The molecule has 5 nitrogen and oxygen atoms in total. The van der Waals surface area contributed by atoms with Crippen LogP contribution in [0.15, 0.2) is 54.6 Å². The van der Waals surface area contributed by atoms with Crippen LogP contribution in [-0.2, 0) is 17.6 Å². The zero-order valence-corrected chi connectivity index (χ0v) is 18.8. The fraction of sp³-hybridized carbons (Fsp3) is 0.440. The molecule has 0 bridgehead atoms. The lowest BCUT2D eigenvalue weighted by atomic mass is 9.95. The molecule has 6 heteroatoms. The number of aromatic carboxylic acids is 1. The van der Waals surface area contributed by atoms with Crippen molar-refractivity contribution in [2.45, 2.75) is 57.6 Å². The number of carbonyl (C=O) groups excluding carboxylic acids is 1. The number of hydrogen-bond donors (Lipinski definition) is 2. The molecule has 3 rings (SSSR count). The molecule has 31 heavy (non-hydrogen) atoms. The summed E-state index contributed by atoms with van der Waals surface area (Å²) < 4.78 is 0. The second kappa shape index (κ2) is 11.3. The first-order valence-corrected chi connectivity index (χ1v) is 11.8. The summed E-state index contributed by atoms with van der Waals surface area (Å²) in [6, 6.07) is 13.8. The van der Waals surface area contributed by atoms with Gasteiger partial charge in [-0.3, -0.25) is 4.79 Å². The third kappa shape index (κ3) is 6.77. The van der Waals surface area contributed by atoms with E-state index in [1.807, 2.05) is 41.3 Å². The minimum Gasteiger partial charge on any atom is -0.477 e. The van der Waals surface area contributed by atoms with Crippen molar-refractivity contribution in [3.05, 3.63) is 69.9 Å². The molecule has 1 aromatic heterocycles. The number of hydrogen-bond acceptors (Lipinski definition) is 4. The monoisotopic (exact) mass is 441 g/mol. The first kappa shape index (κ1) is 23.2. The number of carboxylic acids is 1. The summed E-state index contributed by atoms with van der Waals surface area (Å²) in [4.78, 5) is 26.6. The van der Waals surface area contributed by atoms with Gasteiger partial charge in [0.2, 0.25) is 5.91 Å². The van der Waals surface area contributed by atoms with Crippen molar-refractivity contribution in [2.24, 2.45) is 5.92 Å². The summed E-state index contributed by atoms with van der Waals surface area (Å²) in [6.07, 6.45) is 8.03. The molecule has 166 valence electrons. The van der Waals surface area contributed by atoms with E-state index in [9.17, 15) is 14.7 Å². The first-order valence-electron chi connectivity index (χ1n) is 11.0. The number of aryl methyl sites for hydroxylation is 2. The van der Waals surface area contributed by atoms with Crippen LogP contribution in [0.4, 0.5) is 0 Å². The molecule has 2 aromatic rings. The number of likely N-dealkylation sites (tertiary alicyclic amines) is 1. The lowest BCUT2D eigenvalue weighted by Crippen LogP contribution is -2.33. The average molecular weight is 442 g/mol. The molecule has 2 heterocycles. The van der Waals surface area contributed by atoms with Gasteiger partial charge < -0.3 is 15.1 Å². The van der Waals surface area contributed by atoms with Gasteiger partial charge >= 0.3 is 5.97 Å². The van der Waals surface area contributed by atoms with Crippen molar-refractivity contribution < 1.29 is 19.8 Å².